The SMILES string of the molecule is NC(=NO)c1ccc(C2(CF)CCOCC2)cc1. The molecule has 1 fully saturated rings. The van der Waals surface area contributed by atoms with Crippen LogP contribution >= 0.6 is 0 Å². The lowest BCUT2D eigenvalue weighted by Crippen LogP contribution is -2.35. The van der Waals surface area contributed by atoms with Gasteiger partial charge in [0.05, 0.1) is 6.67 Å². The topological polar surface area (TPSA) is 67.8 Å². The molecule has 1 aliphatic heterocycles. The van der Waals surface area contributed by atoms with Crippen LogP contribution in [-0.2, 0) is 10.2 Å². The molecule has 1 aromatic rings. The van der Waals surface area contributed by atoms with Crippen molar-refractivity contribution in [2.45, 2.75) is 18.3 Å². The van der Waals surface area contributed by atoms with Crippen LogP contribution in [0.1, 0.15) is 24.0 Å². The molecule has 5 heteroatoms. The molecule has 0 bridgehead atoms. The number of hydrogen-bond donors (Lipinski definition) is 2. The van der Waals surface area contributed by atoms with Crippen LogP contribution in [-0.4, -0.2) is 30.9 Å². The van der Waals surface area contributed by atoms with E-state index in [1.165, 1.54) is 0 Å². The van der Waals surface area contributed by atoms with E-state index in [0.29, 0.717) is 31.6 Å². The van der Waals surface area contributed by atoms with E-state index in [2.05, 4.69) is 5.16 Å². The van der Waals surface area contributed by atoms with Crippen molar-refractivity contribution in [2.75, 3.05) is 19.9 Å². The third kappa shape index (κ3) is 2.31. The van der Waals surface area contributed by atoms with Crippen LogP contribution in [0.15, 0.2) is 29.4 Å². The zero-order valence-electron chi connectivity index (χ0n) is 10.1. The second-order valence-corrected chi connectivity index (χ2v) is 4.59. The number of halogens is 1. The summed E-state index contributed by atoms with van der Waals surface area (Å²) in [6.07, 6.45) is 1.37. The lowest BCUT2D eigenvalue weighted by Gasteiger charge is -2.35. The van der Waals surface area contributed by atoms with Gasteiger partial charge in [-0.2, -0.15) is 0 Å². The summed E-state index contributed by atoms with van der Waals surface area (Å²) < 4.78 is 18.7. The van der Waals surface area contributed by atoms with E-state index in [0.717, 1.165) is 5.56 Å². The summed E-state index contributed by atoms with van der Waals surface area (Å²) in [5.41, 5.74) is 6.63. The fourth-order valence-electron chi connectivity index (χ4n) is 2.31. The second kappa shape index (κ2) is 5.35. The Balaban J connectivity index is 2.27. The molecule has 98 valence electrons. The molecular formula is C13H17FN2O2. The Hall–Kier alpha value is -1.62. The Morgan fingerprint density at radius 3 is 2.44 bits per heavy atom. The van der Waals surface area contributed by atoms with Gasteiger partial charge in [-0.15, -0.1) is 0 Å². The predicted molar refractivity (Wildman–Crippen MR) is 66.7 cm³/mol. The van der Waals surface area contributed by atoms with Crippen molar-refractivity contribution in [2.24, 2.45) is 10.9 Å². The minimum absolute atomic E-state index is 0.0582. The van der Waals surface area contributed by atoms with Gasteiger partial charge >= 0.3 is 0 Å². The molecule has 1 aromatic carbocycles. The number of alkyl halides is 1. The van der Waals surface area contributed by atoms with Gasteiger partial charge in [-0.25, -0.2) is 0 Å². The van der Waals surface area contributed by atoms with Crippen LogP contribution in [0, 0.1) is 0 Å². The maximum atomic E-state index is 13.4. The van der Waals surface area contributed by atoms with Crippen LogP contribution in [0.5, 0.6) is 0 Å². The van der Waals surface area contributed by atoms with Gasteiger partial charge in [-0.05, 0) is 18.4 Å². The van der Waals surface area contributed by atoms with Gasteiger partial charge in [0.2, 0.25) is 0 Å². The number of ether oxygens (including phenoxy) is 1. The first-order chi connectivity index (χ1) is 8.72. The van der Waals surface area contributed by atoms with Crippen LogP contribution < -0.4 is 5.73 Å². The number of hydrogen-bond acceptors (Lipinski definition) is 3. The maximum Gasteiger partial charge on any atom is 0.170 e. The van der Waals surface area contributed by atoms with E-state index in [4.69, 9.17) is 15.7 Å². The van der Waals surface area contributed by atoms with Gasteiger partial charge in [0.25, 0.3) is 0 Å². The standard InChI is InChI=1S/C13H17FN2O2/c14-9-13(5-7-18-8-6-13)11-3-1-10(2-4-11)12(15)16-17/h1-4,17H,5-9H2,(H2,15,16). The first-order valence-electron chi connectivity index (χ1n) is 5.94. The molecule has 0 aromatic heterocycles. The molecule has 2 rings (SSSR count). The quantitative estimate of drug-likeness (QED) is 0.373. The normalized spacial score (nSPS) is 19.7. The minimum atomic E-state index is -0.443. The van der Waals surface area contributed by atoms with Crippen molar-refractivity contribution in [3.05, 3.63) is 35.4 Å². The van der Waals surface area contributed by atoms with E-state index >= 15 is 0 Å². The highest BCUT2D eigenvalue weighted by Crippen LogP contribution is 2.35. The summed E-state index contributed by atoms with van der Waals surface area (Å²) in [5.74, 6) is 0.0582. The Morgan fingerprint density at radius 2 is 1.94 bits per heavy atom. The van der Waals surface area contributed by atoms with Crippen molar-refractivity contribution in [3.8, 4) is 0 Å². The summed E-state index contributed by atoms with van der Waals surface area (Å²) in [5, 5.41) is 11.5. The minimum Gasteiger partial charge on any atom is -0.409 e. The number of amidine groups is 1. The molecule has 1 saturated heterocycles. The molecular weight excluding hydrogens is 235 g/mol. The van der Waals surface area contributed by atoms with Gasteiger partial charge in [-0.3, -0.25) is 4.39 Å². The van der Waals surface area contributed by atoms with E-state index in [-0.39, 0.29) is 12.5 Å². The molecule has 0 unspecified atom stereocenters. The van der Waals surface area contributed by atoms with E-state index in [9.17, 15) is 4.39 Å². The Bertz CT molecular complexity index is 425. The zero-order chi connectivity index (χ0) is 13.0. The monoisotopic (exact) mass is 252 g/mol. The van der Waals surface area contributed by atoms with Crippen LogP contribution in [0.4, 0.5) is 4.39 Å². The lowest BCUT2D eigenvalue weighted by atomic mass is 9.75. The number of nitrogens with two attached hydrogens (primary N) is 1. The van der Waals surface area contributed by atoms with Crippen molar-refractivity contribution in [1.82, 2.24) is 0 Å². The van der Waals surface area contributed by atoms with Crippen molar-refractivity contribution < 1.29 is 14.3 Å². The molecule has 1 aliphatic rings. The second-order valence-electron chi connectivity index (χ2n) is 4.59. The molecule has 0 saturated carbocycles. The molecule has 1 heterocycles. The van der Waals surface area contributed by atoms with Gasteiger partial charge < -0.3 is 15.7 Å². The number of benzene rings is 1. The highest BCUT2D eigenvalue weighted by atomic mass is 19.1. The molecule has 0 atom stereocenters. The lowest BCUT2D eigenvalue weighted by molar-refractivity contribution is 0.0402. The first-order valence-corrected chi connectivity index (χ1v) is 5.94. The van der Waals surface area contributed by atoms with Crippen LogP contribution in [0.25, 0.3) is 0 Å². The Labute approximate surface area is 105 Å². The summed E-state index contributed by atoms with van der Waals surface area (Å²) in [7, 11) is 0. The molecule has 4 nitrogen and oxygen atoms in total. The average Bonchev–Trinajstić information content (AvgIpc) is 2.47. The Kier molecular flexibility index (Phi) is 3.81. The summed E-state index contributed by atoms with van der Waals surface area (Å²) in [6.45, 7) is 0.789. The largest absolute Gasteiger partial charge is 0.409 e. The summed E-state index contributed by atoms with van der Waals surface area (Å²) >= 11 is 0. The number of rotatable bonds is 3. The smallest absolute Gasteiger partial charge is 0.170 e. The van der Waals surface area contributed by atoms with Gasteiger partial charge in [0, 0.05) is 24.2 Å². The number of oxime groups is 1. The highest BCUT2D eigenvalue weighted by Gasteiger charge is 2.34. The predicted octanol–water partition coefficient (Wildman–Crippen LogP) is 1.80. The molecule has 18 heavy (non-hydrogen) atoms. The molecule has 0 amide bonds. The molecule has 0 spiro atoms. The van der Waals surface area contributed by atoms with E-state index in [1.54, 1.807) is 12.1 Å². The third-order valence-corrected chi connectivity index (χ3v) is 3.61. The Morgan fingerprint density at radius 1 is 1.33 bits per heavy atom. The van der Waals surface area contributed by atoms with Crippen LogP contribution in [0.3, 0.4) is 0 Å². The summed E-state index contributed by atoms with van der Waals surface area (Å²) in [6, 6.07) is 7.19. The first kappa shape index (κ1) is 12.8. The highest BCUT2D eigenvalue weighted by molar-refractivity contribution is 5.96. The molecule has 3 N–H and O–H groups in total. The molecule has 0 aliphatic carbocycles. The van der Waals surface area contributed by atoms with Gasteiger partial charge in [0.1, 0.15) is 0 Å². The van der Waals surface area contributed by atoms with Crippen LogP contribution in [0.2, 0.25) is 0 Å². The van der Waals surface area contributed by atoms with E-state index in [1.807, 2.05) is 12.1 Å². The molecule has 0 radical (unpaired) electrons. The van der Waals surface area contributed by atoms with Gasteiger partial charge in [-0.1, -0.05) is 29.4 Å². The fourth-order valence-corrected chi connectivity index (χ4v) is 2.31. The fraction of sp³-hybridized carbons (Fsp3) is 0.462. The zero-order valence-corrected chi connectivity index (χ0v) is 10.1. The summed E-state index contributed by atoms with van der Waals surface area (Å²) in [4.78, 5) is 0. The van der Waals surface area contributed by atoms with Gasteiger partial charge in [0.15, 0.2) is 5.84 Å². The third-order valence-electron chi connectivity index (χ3n) is 3.61. The maximum absolute atomic E-state index is 13.4. The van der Waals surface area contributed by atoms with Crippen molar-refractivity contribution >= 4 is 5.84 Å². The average molecular weight is 252 g/mol. The van der Waals surface area contributed by atoms with Crippen molar-refractivity contribution in [1.29, 1.82) is 0 Å². The van der Waals surface area contributed by atoms with E-state index < -0.39 is 5.41 Å². The number of nitrogens with zero attached hydrogens (tertiary/aromatic N) is 1. The van der Waals surface area contributed by atoms with Crippen molar-refractivity contribution in [3.63, 3.8) is 0 Å².